The van der Waals surface area contributed by atoms with Gasteiger partial charge >= 0.3 is 0 Å². The first-order valence-electron chi connectivity index (χ1n) is 19.1. The smallest absolute Gasteiger partial charge is 0.0606 e. The molecule has 8 unspecified atom stereocenters. The standard InChI is InChI=1S/C38H58OS3/c1-20(23-10-26-16-27(11-23)39-26)34(24-12-28-17-29(13-24)40-28)37(36-32-4-3-5-33(36)42-32)35(25-14-30-18-31(15-25)41-30)21(2)38-8-6-22(19-38)7-9-38/h20-37H,3-19H2,1-2H3/t20-,21-,22?,23?,24?,25?,26?,27?,28?,29?,30?,31?,32?,33?,34-,35+,36?,37+,38?/m0/s1. The molecule has 0 spiro atoms. The molecule has 7 heterocycles. The fourth-order valence-electron chi connectivity index (χ4n) is 14.6. The number of hydrogen-bond donors (Lipinski definition) is 0. The second-order valence-corrected chi connectivity index (χ2v) is 22.8. The number of fused-ring (bicyclic) bond motifs is 10. The second kappa shape index (κ2) is 10.5. The van der Waals surface area contributed by atoms with Crippen LogP contribution in [0.15, 0.2) is 0 Å². The van der Waals surface area contributed by atoms with Gasteiger partial charge < -0.3 is 4.74 Å². The van der Waals surface area contributed by atoms with E-state index in [1.807, 2.05) is 0 Å². The van der Waals surface area contributed by atoms with Crippen LogP contribution in [0.3, 0.4) is 0 Å². The van der Waals surface area contributed by atoms with Crippen LogP contribution in [0.4, 0.5) is 0 Å². The average Bonchev–Trinajstić information content (AvgIpc) is 3.60. The molecule has 6 aliphatic carbocycles. The van der Waals surface area contributed by atoms with Gasteiger partial charge in [0.2, 0.25) is 0 Å². The van der Waals surface area contributed by atoms with Gasteiger partial charge in [0.25, 0.3) is 0 Å². The highest BCUT2D eigenvalue weighted by atomic mass is 32.2. The van der Waals surface area contributed by atoms with Gasteiger partial charge in [-0.2, -0.15) is 35.3 Å². The van der Waals surface area contributed by atoms with Gasteiger partial charge in [-0.3, -0.25) is 0 Å². The van der Waals surface area contributed by atoms with Crippen LogP contribution in [0.25, 0.3) is 0 Å². The zero-order chi connectivity index (χ0) is 27.7. The predicted octanol–water partition coefficient (Wildman–Crippen LogP) is 10.1. The molecule has 13 fully saturated rings. The van der Waals surface area contributed by atoms with E-state index in [2.05, 4.69) is 49.1 Å². The van der Waals surface area contributed by atoms with E-state index in [1.54, 1.807) is 83.5 Å². The molecule has 0 aromatic carbocycles. The summed E-state index contributed by atoms with van der Waals surface area (Å²) in [6, 6.07) is 0. The minimum absolute atomic E-state index is 0.620. The molecule has 0 aromatic rings. The quantitative estimate of drug-likeness (QED) is 0.252. The number of hydrogen-bond acceptors (Lipinski definition) is 4. The lowest BCUT2D eigenvalue weighted by Crippen LogP contribution is -2.59. The molecule has 7 aliphatic heterocycles. The lowest BCUT2D eigenvalue weighted by atomic mass is 9.49. The first-order valence-corrected chi connectivity index (χ1v) is 21.9. The Morgan fingerprint density at radius 2 is 1.14 bits per heavy atom. The molecule has 4 heteroatoms. The molecular weight excluding hydrogens is 569 g/mol. The molecule has 7 saturated heterocycles. The maximum absolute atomic E-state index is 6.29. The summed E-state index contributed by atoms with van der Waals surface area (Å²) in [4.78, 5) is 0. The molecule has 1 nitrogen and oxygen atoms in total. The first kappa shape index (κ1) is 28.1. The summed E-state index contributed by atoms with van der Waals surface area (Å²) in [5.41, 5.74) is 0.715. The van der Waals surface area contributed by atoms with Crippen molar-refractivity contribution < 1.29 is 4.74 Å². The predicted molar refractivity (Wildman–Crippen MR) is 181 cm³/mol. The van der Waals surface area contributed by atoms with Crippen molar-refractivity contribution in [2.24, 2.45) is 64.6 Å². The van der Waals surface area contributed by atoms with Crippen molar-refractivity contribution in [3.8, 4) is 0 Å². The fourth-order valence-corrected chi connectivity index (χ4v) is 19.6. The topological polar surface area (TPSA) is 9.23 Å². The Morgan fingerprint density at radius 3 is 1.64 bits per heavy atom. The summed E-state index contributed by atoms with van der Waals surface area (Å²) in [5.74, 6) is 10.1. The van der Waals surface area contributed by atoms with E-state index < -0.39 is 0 Å². The highest BCUT2D eigenvalue weighted by Gasteiger charge is 2.62. The molecule has 0 amide bonds. The van der Waals surface area contributed by atoms with Crippen molar-refractivity contribution in [3.63, 3.8) is 0 Å². The van der Waals surface area contributed by atoms with Crippen molar-refractivity contribution in [3.05, 3.63) is 0 Å². The Morgan fingerprint density at radius 1 is 0.595 bits per heavy atom. The number of thioether (sulfide) groups is 3. The molecule has 13 atom stereocenters. The molecule has 42 heavy (non-hydrogen) atoms. The number of rotatable bonds is 9. The average molecular weight is 627 g/mol. The third-order valence-corrected chi connectivity index (χ3v) is 21.3. The van der Waals surface area contributed by atoms with Gasteiger partial charge in [-0.25, -0.2) is 0 Å². The van der Waals surface area contributed by atoms with Gasteiger partial charge in [0.05, 0.1) is 12.2 Å². The van der Waals surface area contributed by atoms with Crippen LogP contribution in [-0.4, -0.2) is 43.7 Å². The van der Waals surface area contributed by atoms with Crippen LogP contribution in [-0.2, 0) is 4.74 Å². The lowest BCUT2D eigenvalue weighted by molar-refractivity contribution is -0.186. The Balaban J connectivity index is 1.07. The maximum atomic E-state index is 6.29. The number of ether oxygens (including phenoxy) is 1. The summed E-state index contributed by atoms with van der Waals surface area (Å²) in [5, 5.41) is 6.10. The minimum atomic E-state index is 0.620. The Hall–Kier alpha value is 1.01. The largest absolute Gasteiger partial charge is 0.375 e. The first-order chi connectivity index (χ1) is 20.5. The van der Waals surface area contributed by atoms with E-state index >= 15 is 0 Å². The summed E-state index contributed by atoms with van der Waals surface area (Å²) >= 11 is 7.29. The van der Waals surface area contributed by atoms with Gasteiger partial charge in [0.1, 0.15) is 0 Å². The van der Waals surface area contributed by atoms with Crippen LogP contribution in [0.2, 0.25) is 0 Å². The van der Waals surface area contributed by atoms with E-state index in [-0.39, 0.29) is 0 Å². The Labute approximate surface area is 270 Å². The molecule has 0 N–H and O–H groups in total. The lowest BCUT2D eigenvalue weighted by Gasteiger charge is -2.63. The summed E-state index contributed by atoms with van der Waals surface area (Å²) in [7, 11) is 0. The molecule has 13 aliphatic rings. The van der Waals surface area contributed by atoms with Crippen molar-refractivity contribution in [2.45, 2.75) is 167 Å². The van der Waals surface area contributed by atoms with Crippen molar-refractivity contribution in [2.75, 3.05) is 0 Å². The van der Waals surface area contributed by atoms with Crippen LogP contribution in [0.1, 0.15) is 123 Å². The van der Waals surface area contributed by atoms with E-state index in [0.29, 0.717) is 17.6 Å². The minimum Gasteiger partial charge on any atom is -0.375 e. The van der Waals surface area contributed by atoms with Gasteiger partial charge in [0.15, 0.2) is 0 Å². The molecular formula is C38H58OS3. The highest BCUT2D eigenvalue weighted by molar-refractivity contribution is 8.02. The third-order valence-electron chi connectivity index (χ3n) is 16.4. The molecule has 10 bridgehead atoms. The normalized spacial score (nSPS) is 56.6. The zero-order valence-electron chi connectivity index (χ0n) is 26.5. The van der Waals surface area contributed by atoms with Gasteiger partial charge in [0, 0.05) is 31.5 Å². The molecule has 234 valence electrons. The molecule has 13 rings (SSSR count). The zero-order valence-corrected chi connectivity index (χ0v) is 29.0. The van der Waals surface area contributed by atoms with E-state index in [0.717, 1.165) is 90.7 Å². The molecule has 0 radical (unpaired) electrons. The van der Waals surface area contributed by atoms with Gasteiger partial charge in [-0.1, -0.05) is 20.3 Å². The van der Waals surface area contributed by atoms with Crippen molar-refractivity contribution in [1.82, 2.24) is 0 Å². The van der Waals surface area contributed by atoms with E-state index in [9.17, 15) is 0 Å². The highest BCUT2D eigenvalue weighted by Crippen LogP contribution is 2.69. The third kappa shape index (κ3) is 4.41. The van der Waals surface area contributed by atoms with Crippen LogP contribution in [0.5, 0.6) is 0 Å². The summed E-state index contributed by atoms with van der Waals surface area (Å²) in [6.45, 7) is 5.75. The van der Waals surface area contributed by atoms with Crippen LogP contribution in [0, 0.1) is 64.6 Å². The van der Waals surface area contributed by atoms with E-state index in [1.165, 1.54) is 25.7 Å². The summed E-state index contributed by atoms with van der Waals surface area (Å²) < 4.78 is 6.29. The SMILES string of the molecule is C[C@@H](C1CC2CC(C1)O2)[C@@H](C1CC2CC(C1)S2)[C@@H](C1C2CCCC1S2)[C@@H](C1CC2CC(C1)S2)[C@H](C)C12CCC(CC1)C2. The Kier molecular flexibility index (Phi) is 7.02. The second-order valence-electron chi connectivity index (χ2n) is 18.2. The van der Waals surface area contributed by atoms with Gasteiger partial charge in [-0.05, 0) is 167 Å². The molecule has 6 saturated carbocycles. The maximum Gasteiger partial charge on any atom is 0.0606 e. The van der Waals surface area contributed by atoms with Gasteiger partial charge in [-0.15, -0.1) is 0 Å². The summed E-state index contributed by atoms with van der Waals surface area (Å²) in [6.07, 6.45) is 27.5. The van der Waals surface area contributed by atoms with Crippen molar-refractivity contribution >= 4 is 35.3 Å². The van der Waals surface area contributed by atoms with Crippen molar-refractivity contribution in [1.29, 1.82) is 0 Å². The fraction of sp³-hybridized carbons (Fsp3) is 1.00. The molecule has 0 aromatic heterocycles. The van der Waals surface area contributed by atoms with Crippen LogP contribution < -0.4 is 0 Å². The van der Waals surface area contributed by atoms with Crippen LogP contribution >= 0.6 is 35.3 Å². The van der Waals surface area contributed by atoms with E-state index in [4.69, 9.17) is 4.74 Å². The monoisotopic (exact) mass is 626 g/mol. The Bertz CT molecular complexity index is 977.